The van der Waals surface area contributed by atoms with Crippen molar-refractivity contribution in [3.63, 3.8) is 0 Å². The summed E-state index contributed by atoms with van der Waals surface area (Å²) < 4.78 is 18.0. The lowest BCUT2D eigenvalue weighted by Gasteiger charge is -2.37. The lowest BCUT2D eigenvalue weighted by Crippen LogP contribution is -2.42. The van der Waals surface area contributed by atoms with Gasteiger partial charge in [-0.1, -0.05) is 19.1 Å². The maximum atomic E-state index is 6.58. The van der Waals surface area contributed by atoms with E-state index in [1.165, 1.54) is 11.1 Å². The molecule has 6 heteroatoms. The van der Waals surface area contributed by atoms with Crippen LogP contribution in [-0.2, 0) is 19.2 Å². The van der Waals surface area contributed by atoms with Crippen LogP contribution in [0.2, 0.25) is 0 Å². The minimum absolute atomic E-state index is 0.227. The number of allylic oxidation sites excluding steroid dienone is 1. The largest absolute Gasteiger partial charge is 0.492 e. The molecule has 0 radical (unpaired) electrons. The third kappa shape index (κ3) is 5.80. The molecule has 2 aliphatic heterocycles. The highest BCUT2D eigenvalue weighted by Crippen LogP contribution is 2.50. The molecule has 1 aromatic rings. The van der Waals surface area contributed by atoms with E-state index in [4.69, 9.17) is 24.0 Å². The van der Waals surface area contributed by atoms with Gasteiger partial charge in [-0.2, -0.15) is 9.78 Å². The van der Waals surface area contributed by atoms with Crippen LogP contribution in [0.25, 0.3) is 0 Å². The number of rotatable bonds is 9. The van der Waals surface area contributed by atoms with Crippen LogP contribution >= 0.6 is 0 Å². The molecule has 4 rings (SSSR count). The Labute approximate surface area is 199 Å². The number of benzene rings is 1. The molecule has 0 aromatic heterocycles. The van der Waals surface area contributed by atoms with E-state index in [9.17, 15) is 0 Å². The molecule has 0 bridgehead atoms. The third-order valence-corrected chi connectivity index (χ3v) is 7.56. The third-order valence-electron chi connectivity index (χ3n) is 7.56. The fourth-order valence-corrected chi connectivity index (χ4v) is 5.61. The van der Waals surface area contributed by atoms with Gasteiger partial charge < -0.3 is 14.2 Å². The second-order valence-corrected chi connectivity index (χ2v) is 9.94. The molecule has 2 saturated heterocycles. The summed E-state index contributed by atoms with van der Waals surface area (Å²) in [6.07, 6.45) is 7.61. The van der Waals surface area contributed by atoms with Gasteiger partial charge in [0.05, 0.1) is 13.2 Å². The molecular weight excluding hydrogens is 418 g/mol. The van der Waals surface area contributed by atoms with E-state index in [2.05, 4.69) is 43.5 Å². The van der Waals surface area contributed by atoms with Crippen LogP contribution in [0.4, 0.5) is 0 Å². The van der Waals surface area contributed by atoms with Gasteiger partial charge in [0.15, 0.2) is 0 Å². The minimum atomic E-state index is -0.724. The van der Waals surface area contributed by atoms with Crippen molar-refractivity contribution in [1.29, 1.82) is 0 Å². The van der Waals surface area contributed by atoms with Crippen LogP contribution in [0.3, 0.4) is 0 Å². The maximum Gasteiger partial charge on any atom is 0.205 e. The fraction of sp³-hybridized carbons (Fsp3) is 0.704. The van der Waals surface area contributed by atoms with Gasteiger partial charge in [-0.3, -0.25) is 4.90 Å². The highest BCUT2D eigenvalue weighted by Gasteiger charge is 2.55. The Morgan fingerprint density at radius 1 is 1.27 bits per heavy atom. The normalized spacial score (nSPS) is 31.5. The second-order valence-electron chi connectivity index (χ2n) is 9.94. The molecule has 2 unspecified atom stereocenters. The van der Waals surface area contributed by atoms with Gasteiger partial charge in [0.1, 0.15) is 12.4 Å². The summed E-state index contributed by atoms with van der Waals surface area (Å²) in [5.74, 6) is 0.163. The Bertz CT molecular complexity index is 795. The molecule has 184 valence electrons. The molecular formula is C27H41NO5. The number of aryl methyl sites for hydroxylation is 1. The first-order valence-electron chi connectivity index (χ1n) is 12.7. The zero-order chi connectivity index (χ0) is 23.3. The van der Waals surface area contributed by atoms with Crippen molar-refractivity contribution in [3.8, 4) is 5.75 Å². The number of morpholine rings is 1. The van der Waals surface area contributed by atoms with Gasteiger partial charge in [0, 0.05) is 38.4 Å². The van der Waals surface area contributed by atoms with Crippen molar-refractivity contribution in [3.05, 3.63) is 42.0 Å². The Balaban J connectivity index is 1.36. The van der Waals surface area contributed by atoms with Crippen molar-refractivity contribution in [2.75, 3.05) is 39.5 Å². The summed E-state index contributed by atoms with van der Waals surface area (Å²) >= 11 is 0. The quantitative estimate of drug-likeness (QED) is 0.366. The smallest absolute Gasteiger partial charge is 0.205 e. The molecule has 1 aliphatic carbocycles. The first-order chi connectivity index (χ1) is 16.0. The van der Waals surface area contributed by atoms with Gasteiger partial charge in [-0.05, 0) is 68.7 Å². The molecule has 3 aliphatic rings. The van der Waals surface area contributed by atoms with E-state index in [1.54, 1.807) is 0 Å². The van der Waals surface area contributed by atoms with Crippen LogP contribution < -0.4 is 4.74 Å². The van der Waals surface area contributed by atoms with Crippen LogP contribution in [0.1, 0.15) is 69.4 Å². The Hall–Kier alpha value is -1.44. The number of hydrogen-bond acceptors (Lipinski definition) is 6. The molecule has 1 spiro atoms. The molecule has 2 heterocycles. The van der Waals surface area contributed by atoms with Crippen LogP contribution in [0, 0.1) is 12.8 Å². The van der Waals surface area contributed by atoms with Gasteiger partial charge in [0.2, 0.25) is 11.6 Å². The Morgan fingerprint density at radius 3 is 2.82 bits per heavy atom. The zero-order valence-corrected chi connectivity index (χ0v) is 20.6. The van der Waals surface area contributed by atoms with Crippen molar-refractivity contribution in [2.24, 2.45) is 5.92 Å². The van der Waals surface area contributed by atoms with E-state index < -0.39 is 11.6 Å². The van der Waals surface area contributed by atoms with Crippen molar-refractivity contribution < 1.29 is 24.0 Å². The van der Waals surface area contributed by atoms with E-state index >= 15 is 0 Å². The first kappa shape index (κ1) is 24.7. The second kappa shape index (κ2) is 10.9. The predicted molar refractivity (Wildman–Crippen MR) is 128 cm³/mol. The monoisotopic (exact) mass is 459 g/mol. The minimum Gasteiger partial charge on any atom is -0.492 e. The topological polar surface area (TPSA) is 49.4 Å². The van der Waals surface area contributed by atoms with E-state index in [-0.39, 0.29) is 5.92 Å². The lowest BCUT2D eigenvalue weighted by atomic mass is 9.79. The summed E-state index contributed by atoms with van der Waals surface area (Å²) in [6, 6.07) is 6.51. The predicted octanol–water partition coefficient (Wildman–Crippen LogP) is 5.36. The van der Waals surface area contributed by atoms with Gasteiger partial charge in [-0.15, -0.1) is 6.58 Å². The summed E-state index contributed by atoms with van der Waals surface area (Å²) in [4.78, 5) is 14.2. The lowest BCUT2D eigenvalue weighted by molar-refractivity contribution is -0.359. The zero-order valence-electron chi connectivity index (χ0n) is 20.6. The molecule has 1 saturated carbocycles. The molecule has 6 nitrogen and oxygen atoms in total. The molecule has 1 aromatic carbocycles. The fourth-order valence-electron chi connectivity index (χ4n) is 5.61. The highest BCUT2D eigenvalue weighted by atomic mass is 17.3. The van der Waals surface area contributed by atoms with E-state index in [0.717, 1.165) is 77.1 Å². The van der Waals surface area contributed by atoms with Crippen LogP contribution in [0.5, 0.6) is 5.75 Å². The van der Waals surface area contributed by atoms with Crippen molar-refractivity contribution in [2.45, 2.75) is 76.8 Å². The van der Waals surface area contributed by atoms with Crippen LogP contribution in [0.15, 0.2) is 30.9 Å². The Morgan fingerprint density at radius 2 is 2.09 bits per heavy atom. The molecule has 0 N–H and O–H groups in total. The van der Waals surface area contributed by atoms with Crippen molar-refractivity contribution >= 4 is 0 Å². The summed E-state index contributed by atoms with van der Waals surface area (Å²) in [7, 11) is 0. The molecule has 33 heavy (non-hydrogen) atoms. The number of hydrogen-bond donors (Lipinski definition) is 0. The standard InChI is InChI=1S/C27H41NO5/c1-5-8-23(6-2)26(4)31-27(33-32-26)12-7-9-22(20-27)25-11-10-24(19-21(25)3)30-18-15-28-13-16-29-17-14-28/h5,10-11,19,22-23H,1,6-9,12-18,20H2,2-4H3/t22?,23?,26-,27-/m1/s1. The van der Waals surface area contributed by atoms with Crippen molar-refractivity contribution in [1.82, 2.24) is 4.90 Å². The molecule has 0 amide bonds. The van der Waals surface area contributed by atoms with Gasteiger partial charge >= 0.3 is 0 Å². The summed E-state index contributed by atoms with van der Waals surface area (Å²) in [6.45, 7) is 15.5. The number of ether oxygens (including phenoxy) is 3. The van der Waals surface area contributed by atoms with Gasteiger partial charge in [0.25, 0.3) is 0 Å². The average molecular weight is 460 g/mol. The van der Waals surface area contributed by atoms with Gasteiger partial charge in [-0.25, -0.2) is 0 Å². The first-order valence-corrected chi connectivity index (χ1v) is 12.7. The van der Waals surface area contributed by atoms with E-state index in [1.807, 2.05) is 13.0 Å². The average Bonchev–Trinajstić information content (AvgIpc) is 3.14. The summed E-state index contributed by atoms with van der Waals surface area (Å²) in [5.41, 5.74) is 2.62. The highest BCUT2D eigenvalue weighted by molar-refractivity contribution is 5.37. The molecule has 4 atom stereocenters. The Kier molecular flexibility index (Phi) is 8.13. The van der Waals surface area contributed by atoms with Crippen LogP contribution in [-0.4, -0.2) is 55.9 Å². The maximum absolute atomic E-state index is 6.58. The molecule has 3 fully saturated rings. The SMILES string of the molecule is C=CCC(CC)[C@@]1(C)OO[C@@]2(CCCC(c3ccc(OCCN4CCOCC4)cc3C)C2)O1. The number of nitrogens with zero attached hydrogens (tertiary/aromatic N) is 1. The van der Waals surface area contributed by atoms with E-state index in [0.29, 0.717) is 12.5 Å². The summed E-state index contributed by atoms with van der Waals surface area (Å²) in [5, 5.41) is 0.